The van der Waals surface area contributed by atoms with Crippen LogP contribution in [0.5, 0.6) is 0 Å². The molecule has 1 aromatic heterocycles. The van der Waals surface area contributed by atoms with Gasteiger partial charge in [0, 0.05) is 31.3 Å². The van der Waals surface area contributed by atoms with Gasteiger partial charge in [-0.2, -0.15) is 0 Å². The zero-order valence-corrected chi connectivity index (χ0v) is 12.7. The van der Waals surface area contributed by atoms with E-state index in [1.54, 1.807) is 18.3 Å². The van der Waals surface area contributed by atoms with Crippen molar-refractivity contribution in [3.8, 4) is 0 Å². The highest BCUT2D eigenvalue weighted by atomic mass is 32.2. The minimum Gasteiger partial charge on any atom is -0.312 e. The number of thioether (sulfide) groups is 1. The van der Waals surface area contributed by atoms with Gasteiger partial charge < -0.3 is 4.90 Å². The van der Waals surface area contributed by atoms with Crippen LogP contribution in [0.3, 0.4) is 0 Å². The maximum Gasteiger partial charge on any atom is 0.227 e. The molecular formula is C14H14N2O2S2. The fourth-order valence-corrected chi connectivity index (χ4v) is 3.74. The van der Waals surface area contributed by atoms with Gasteiger partial charge in [0.2, 0.25) is 5.91 Å². The number of benzene rings is 1. The molecule has 1 atom stereocenters. The van der Waals surface area contributed by atoms with E-state index in [4.69, 9.17) is 0 Å². The molecule has 0 saturated carbocycles. The molecule has 104 valence electrons. The quantitative estimate of drug-likeness (QED) is 0.875. The van der Waals surface area contributed by atoms with E-state index in [2.05, 4.69) is 4.98 Å². The first-order valence-electron chi connectivity index (χ1n) is 6.40. The standard InChI is InChI=1S/C14H14N2O2S2/c1-9(17)19-7-10-4-14(18)16(6-10)11-2-3-13-12(5-11)15-8-20-13/h2-3,5,8,10H,4,6-7H2,1H3. The van der Waals surface area contributed by atoms with E-state index in [1.165, 1.54) is 11.8 Å². The molecule has 4 nitrogen and oxygen atoms in total. The van der Waals surface area contributed by atoms with Crippen LogP contribution in [-0.4, -0.2) is 28.3 Å². The van der Waals surface area contributed by atoms with Crippen LogP contribution in [0.2, 0.25) is 0 Å². The topological polar surface area (TPSA) is 50.3 Å². The molecule has 2 heterocycles. The third kappa shape index (κ3) is 2.71. The Balaban J connectivity index is 1.76. The van der Waals surface area contributed by atoms with Crippen molar-refractivity contribution < 1.29 is 9.59 Å². The number of hydrogen-bond donors (Lipinski definition) is 0. The van der Waals surface area contributed by atoms with E-state index < -0.39 is 0 Å². The number of amides is 1. The van der Waals surface area contributed by atoms with E-state index in [-0.39, 0.29) is 16.9 Å². The predicted molar refractivity (Wildman–Crippen MR) is 83.2 cm³/mol. The van der Waals surface area contributed by atoms with Gasteiger partial charge in [0.15, 0.2) is 5.12 Å². The second-order valence-electron chi connectivity index (χ2n) is 4.88. The molecule has 1 aliphatic rings. The van der Waals surface area contributed by atoms with Crippen molar-refractivity contribution in [3.63, 3.8) is 0 Å². The Kier molecular flexibility index (Phi) is 3.76. The van der Waals surface area contributed by atoms with Crippen LogP contribution in [0.25, 0.3) is 10.2 Å². The largest absolute Gasteiger partial charge is 0.312 e. The normalized spacial score (nSPS) is 18.9. The summed E-state index contributed by atoms with van der Waals surface area (Å²) in [6.45, 7) is 2.25. The number of anilines is 1. The van der Waals surface area contributed by atoms with Crippen LogP contribution in [-0.2, 0) is 9.59 Å². The average molecular weight is 306 g/mol. The van der Waals surface area contributed by atoms with E-state index in [1.807, 2.05) is 28.6 Å². The lowest BCUT2D eigenvalue weighted by Crippen LogP contribution is -2.24. The van der Waals surface area contributed by atoms with Crippen LogP contribution in [0.4, 0.5) is 5.69 Å². The summed E-state index contributed by atoms with van der Waals surface area (Å²) < 4.78 is 1.13. The van der Waals surface area contributed by atoms with Gasteiger partial charge in [-0.15, -0.1) is 11.3 Å². The molecular weight excluding hydrogens is 292 g/mol. The lowest BCUT2D eigenvalue weighted by atomic mass is 10.1. The van der Waals surface area contributed by atoms with E-state index >= 15 is 0 Å². The fourth-order valence-electron chi connectivity index (χ4n) is 2.39. The highest BCUT2D eigenvalue weighted by Gasteiger charge is 2.30. The molecule has 0 aliphatic carbocycles. The summed E-state index contributed by atoms with van der Waals surface area (Å²) in [4.78, 5) is 29.2. The summed E-state index contributed by atoms with van der Waals surface area (Å²) in [7, 11) is 0. The van der Waals surface area contributed by atoms with E-state index in [0.29, 0.717) is 13.0 Å². The van der Waals surface area contributed by atoms with Crippen LogP contribution in [0.1, 0.15) is 13.3 Å². The van der Waals surface area contributed by atoms with Crippen LogP contribution >= 0.6 is 23.1 Å². The summed E-state index contributed by atoms with van der Waals surface area (Å²) in [5, 5.41) is 0.111. The van der Waals surface area contributed by atoms with Gasteiger partial charge in [-0.25, -0.2) is 4.98 Å². The fraction of sp³-hybridized carbons (Fsp3) is 0.357. The number of hydrogen-bond acceptors (Lipinski definition) is 5. The Morgan fingerprint density at radius 3 is 3.20 bits per heavy atom. The molecule has 1 aliphatic heterocycles. The van der Waals surface area contributed by atoms with Gasteiger partial charge in [-0.1, -0.05) is 11.8 Å². The third-order valence-corrected chi connectivity index (χ3v) is 5.21. The Bertz CT molecular complexity index is 668. The average Bonchev–Trinajstić information content (AvgIpc) is 3.01. The zero-order chi connectivity index (χ0) is 14.1. The second kappa shape index (κ2) is 5.54. The molecule has 3 rings (SSSR count). The van der Waals surface area contributed by atoms with Gasteiger partial charge in [0.25, 0.3) is 0 Å². The molecule has 6 heteroatoms. The maximum atomic E-state index is 12.1. The Labute approximate surface area is 125 Å². The molecule has 1 unspecified atom stereocenters. The van der Waals surface area contributed by atoms with Crippen LogP contribution in [0.15, 0.2) is 23.7 Å². The highest BCUT2D eigenvalue weighted by Crippen LogP contribution is 2.30. The lowest BCUT2D eigenvalue weighted by molar-refractivity contribution is -0.117. The van der Waals surface area contributed by atoms with Gasteiger partial charge in [-0.05, 0) is 24.1 Å². The van der Waals surface area contributed by atoms with Crippen LogP contribution in [0, 0.1) is 5.92 Å². The number of thiazole rings is 1. The van der Waals surface area contributed by atoms with Crippen molar-refractivity contribution in [3.05, 3.63) is 23.7 Å². The number of carbonyl (C=O) groups is 2. The molecule has 0 bridgehead atoms. The molecule has 20 heavy (non-hydrogen) atoms. The lowest BCUT2D eigenvalue weighted by Gasteiger charge is -2.16. The molecule has 0 N–H and O–H groups in total. The van der Waals surface area contributed by atoms with Crippen molar-refractivity contribution in [1.82, 2.24) is 4.98 Å². The van der Waals surface area contributed by atoms with Crippen molar-refractivity contribution in [1.29, 1.82) is 0 Å². The maximum absolute atomic E-state index is 12.1. The van der Waals surface area contributed by atoms with E-state index in [0.717, 1.165) is 21.7 Å². The number of rotatable bonds is 3. The SMILES string of the molecule is CC(=O)SCC1CC(=O)N(c2ccc3scnc3c2)C1. The predicted octanol–water partition coefficient (Wildman–Crippen LogP) is 2.93. The van der Waals surface area contributed by atoms with Crippen molar-refractivity contribution in [2.45, 2.75) is 13.3 Å². The summed E-state index contributed by atoms with van der Waals surface area (Å²) in [6, 6.07) is 5.94. The third-order valence-electron chi connectivity index (χ3n) is 3.35. The molecule has 1 aromatic carbocycles. The van der Waals surface area contributed by atoms with E-state index in [9.17, 15) is 9.59 Å². The molecule has 2 aromatic rings. The number of carbonyl (C=O) groups excluding carboxylic acids is 2. The first-order valence-corrected chi connectivity index (χ1v) is 8.27. The van der Waals surface area contributed by atoms with Gasteiger partial charge in [0.1, 0.15) is 0 Å². The van der Waals surface area contributed by atoms with Gasteiger partial charge in [0.05, 0.1) is 15.7 Å². The minimum atomic E-state index is 0.111. The number of aromatic nitrogens is 1. The molecule has 1 fully saturated rings. The van der Waals surface area contributed by atoms with Gasteiger partial charge in [-0.3, -0.25) is 9.59 Å². The first kappa shape index (κ1) is 13.6. The summed E-state index contributed by atoms with van der Waals surface area (Å²) in [5.74, 6) is 1.10. The summed E-state index contributed by atoms with van der Waals surface area (Å²) in [6.07, 6.45) is 0.523. The Morgan fingerprint density at radius 1 is 1.55 bits per heavy atom. The first-order chi connectivity index (χ1) is 9.63. The van der Waals surface area contributed by atoms with Crippen molar-refractivity contribution >= 4 is 50.0 Å². The monoisotopic (exact) mass is 306 g/mol. The van der Waals surface area contributed by atoms with Crippen LogP contribution < -0.4 is 4.90 Å². The van der Waals surface area contributed by atoms with Gasteiger partial charge >= 0.3 is 0 Å². The summed E-state index contributed by atoms with van der Waals surface area (Å²) >= 11 is 2.90. The highest BCUT2D eigenvalue weighted by molar-refractivity contribution is 8.13. The molecule has 0 spiro atoms. The second-order valence-corrected chi connectivity index (χ2v) is 6.96. The van der Waals surface area contributed by atoms with Crippen molar-refractivity contribution in [2.24, 2.45) is 5.92 Å². The zero-order valence-electron chi connectivity index (χ0n) is 11.0. The minimum absolute atomic E-state index is 0.111. The summed E-state index contributed by atoms with van der Waals surface area (Å²) in [5.41, 5.74) is 3.65. The number of nitrogens with zero attached hydrogens (tertiary/aromatic N) is 2. The smallest absolute Gasteiger partial charge is 0.227 e. The molecule has 1 saturated heterocycles. The van der Waals surface area contributed by atoms with Crippen molar-refractivity contribution in [2.75, 3.05) is 17.2 Å². The Hall–Kier alpha value is -1.40. The molecule has 1 amide bonds. The number of fused-ring (bicyclic) bond motifs is 1. The Morgan fingerprint density at radius 2 is 2.40 bits per heavy atom. The molecule has 0 radical (unpaired) electrons.